The maximum atomic E-state index is 13.1. The lowest BCUT2D eigenvalue weighted by Crippen LogP contribution is -2.40. The highest BCUT2D eigenvalue weighted by atomic mass is 19.3. The van der Waals surface area contributed by atoms with Gasteiger partial charge in [-0.15, -0.1) is 0 Å². The Bertz CT molecular complexity index is 594. The Hall–Kier alpha value is -1.98. The van der Waals surface area contributed by atoms with Crippen LogP contribution in [0.25, 0.3) is 0 Å². The first-order valence-corrected chi connectivity index (χ1v) is 8.21. The number of carboxylic acids is 1. The molecule has 0 bridgehead atoms. The number of amides is 1. The first kappa shape index (κ1) is 18.4. The molecule has 1 aliphatic carbocycles. The Kier molecular flexibility index (Phi) is 5.91. The van der Waals surface area contributed by atoms with Gasteiger partial charge in [0.2, 0.25) is 11.8 Å². The number of carbonyl (C=O) groups is 2. The van der Waals surface area contributed by atoms with Crippen molar-refractivity contribution in [3.05, 3.63) is 35.4 Å². The van der Waals surface area contributed by atoms with Gasteiger partial charge in [-0.1, -0.05) is 29.8 Å². The number of hydrogen-bond donors (Lipinski definition) is 2. The van der Waals surface area contributed by atoms with Crippen LogP contribution in [-0.2, 0) is 16.0 Å². The van der Waals surface area contributed by atoms with Gasteiger partial charge >= 0.3 is 5.97 Å². The molecule has 4 nitrogen and oxygen atoms in total. The van der Waals surface area contributed by atoms with Crippen LogP contribution in [0.3, 0.4) is 0 Å². The predicted molar refractivity (Wildman–Crippen MR) is 85.9 cm³/mol. The Labute approximate surface area is 140 Å². The van der Waals surface area contributed by atoms with Gasteiger partial charge in [0.1, 0.15) is 0 Å². The number of halogens is 2. The van der Waals surface area contributed by atoms with Crippen LogP contribution in [0, 0.1) is 18.8 Å². The van der Waals surface area contributed by atoms with Gasteiger partial charge in [-0.3, -0.25) is 9.59 Å². The summed E-state index contributed by atoms with van der Waals surface area (Å²) in [6.45, 7) is 1.94. The summed E-state index contributed by atoms with van der Waals surface area (Å²) in [5.41, 5.74) is 1.94. The van der Waals surface area contributed by atoms with E-state index >= 15 is 0 Å². The summed E-state index contributed by atoms with van der Waals surface area (Å²) in [6.07, 6.45) is 0.0520. The van der Waals surface area contributed by atoms with Gasteiger partial charge < -0.3 is 10.4 Å². The third-order valence-electron chi connectivity index (χ3n) is 4.52. The fourth-order valence-electron chi connectivity index (χ4n) is 3.04. The van der Waals surface area contributed by atoms with Crippen molar-refractivity contribution in [3.63, 3.8) is 0 Å². The molecule has 6 heteroatoms. The highest BCUT2D eigenvalue weighted by Crippen LogP contribution is 2.36. The number of aryl methyl sites for hydroxylation is 1. The fourth-order valence-corrected chi connectivity index (χ4v) is 3.04. The molecule has 1 atom stereocenters. The van der Waals surface area contributed by atoms with Crippen molar-refractivity contribution in [1.29, 1.82) is 0 Å². The first-order valence-electron chi connectivity index (χ1n) is 8.21. The fraction of sp³-hybridized carbons (Fsp3) is 0.556. The van der Waals surface area contributed by atoms with Crippen LogP contribution in [-0.4, -0.2) is 29.5 Å². The van der Waals surface area contributed by atoms with Gasteiger partial charge in [-0.25, -0.2) is 8.78 Å². The number of benzene rings is 1. The zero-order valence-corrected chi connectivity index (χ0v) is 13.7. The third kappa shape index (κ3) is 5.28. The summed E-state index contributed by atoms with van der Waals surface area (Å²) >= 11 is 0. The Balaban J connectivity index is 1.87. The molecule has 0 aliphatic heterocycles. The SMILES string of the molecule is Cc1cccc(CC(CNC(=O)C2CCC(F)(F)CC2)C(=O)O)c1. The molecule has 1 aromatic carbocycles. The minimum Gasteiger partial charge on any atom is -0.481 e. The van der Waals surface area contributed by atoms with Gasteiger partial charge in [-0.2, -0.15) is 0 Å². The van der Waals surface area contributed by atoms with E-state index in [9.17, 15) is 23.5 Å². The van der Waals surface area contributed by atoms with Crippen molar-refractivity contribution in [1.82, 2.24) is 5.32 Å². The summed E-state index contributed by atoms with van der Waals surface area (Å²) in [5.74, 6) is -5.15. The molecule has 0 aromatic heterocycles. The van der Waals surface area contributed by atoms with E-state index in [0.717, 1.165) is 11.1 Å². The monoisotopic (exact) mass is 339 g/mol. The van der Waals surface area contributed by atoms with E-state index in [-0.39, 0.29) is 38.1 Å². The topological polar surface area (TPSA) is 66.4 Å². The zero-order chi connectivity index (χ0) is 17.7. The van der Waals surface area contributed by atoms with Crippen LogP contribution >= 0.6 is 0 Å². The molecular formula is C18H23F2NO3. The Morgan fingerprint density at radius 1 is 1.33 bits per heavy atom. The van der Waals surface area contributed by atoms with Gasteiger partial charge in [0, 0.05) is 25.3 Å². The zero-order valence-electron chi connectivity index (χ0n) is 13.7. The van der Waals surface area contributed by atoms with Gasteiger partial charge in [0.05, 0.1) is 5.92 Å². The van der Waals surface area contributed by atoms with E-state index in [0.29, 0.717) is 6.42 Å². The maximum Gasteiger partial charge on any atom is 0.308 e. The quantitative estimate of drug-likeness (QED) is 0.836. The molecule has 1 saturated carbocycles. The number of hydrogen-bond acceptors (Lipinski definition) is 2. The van der Waals surface area contributed by atoms with Crippen molar-refractivity contribution in [3.8, 4) is 0 Å². The lowest BCUT2D eigenvalue weighted by Gasteiger charge is -2.27. The lowest BCUT2D eigenvalue weighted by molar-refractivity contribution is -0.141. The normalized spacial score (nSPS) is 18.8. The molecule has 0 spiro atoms. The van der Waals surface area contributed by atoms with E-state index in [2.05, 4.69) is 5.32 Å². The predicted octanol–water partition coefficient (Wildman–Crippen LogP) is 3.18. The molecule has 0 radical (unpaired) electrons. The molecule has 132 valence electrons. The Morgan fingerprint density at radius 3 is 2.58 bits per heavy atom. The summed E-state index contributed by atoms with van der Waals surface area (Å²) in [5, 5.41) is 12.0. The molecule has 0 heterocycles. The van der Waals surface area contributed by atoms with E-state index < -0.39 is 23.7 Å². The van der Waals surface area contributed by atoms with Crippen molar-refractivity contribution >= 4 is 11.9 Å². The van der Waals surface area contributed by atoms with Crippen LogP contribution < -0.4 is 5.32 Å². The van der Waals surface area contributed by atoms with Gasteiger partial charge in [-0.05, 0) is 31.7 Å². The second-order valence-electron chi connectivity index (χ2n) is 6.60. The third-order valence-corrected chi connectivity index (χ3v) is 4.52. The van der Waals surface area contributed by atoms with Crippen LogP contribution in [0.4, 0.5) is 8.78 Å². The molecule has 1 aromatic rings. The second kappa shape index (κ2) is 7.73. The molecule has 1 aliphatic rings. The number of alkyl halides is 2. The minimum atomic E-state index is -2.68. The number of rotatable bonds is 6. The minimum absolute atomic E-state index is 0.00893. The number of nitrogens with one attached hydrogen (secondary N) is 1. The molecule has 0 saturated heterocycles. The number of carbonyl (C=O) groups excluding carboxylic acids is 1. The average molecular weight is 339 g/mol. The number of carboxylic acid groups (broad SMARTS) is 1. The molecule has 2 N–H and O–H groups in total. The van der Waals surface area contributed by atoms with Crippen LogP contribution in [0.5, 0.6) is 0 Å². The average Bonchev–Trinajstić information content (AvgIpc) is 2.50. The molecule has 1 amide bonds. The molecule has 1 unspecified atom stereocenters. The summed E-state index contributed by atoms with van der Waals surface area (Å²) in [4.78, 5) is 23.5. The van der Waals surface area contributed by atoms with E-state index in [1.54, 1.807) is 0 Å². The van der Waals surface area contributed by atoms with E-state index in [1.165, 1.54) is 0 Å². The van der Waals surface area contributed by atoms with Crippen LogP contribution in [0.15, 0.2) is 24.3 Å². The molecule has 24 heavy (non-hydrogen) atoms. The first-order chi connectivity index (χ1) is 11.3. The largest absolute Gasteiger partial charge is 0.481 e. The highest BCUT2D eigenvalue weighted by molar-refractivity contribution is 5.79. The van der Waals surface area contributed by atoms with Crippen molar-refractivity contribution in [2.45, 2.75) is 45.0 Å². The van der Waals surface area contributed by atoms with E-state index in [4.69, 9.17) is 0 Å². The highest BCUT2D eigenvalue weighted by Gasteiger charge is 2.37. The van der Waals surface area contributed by atoms with Crippen molar-refractivity contribution < 1.29 is 23.5 Å². The van der Waals surface area contributed by atoms with Gasteiger partial charge in [0.15, 0.2) is 0 Å². The molecular weight excluding hydrogens is 316 g/mol. The molecule has 1 fully saturated rings. The summed E-state index contributed by atoms with van der Waals surface area (Å²) in [6, 6.07) is 7.57. The van der Waals surface area contributed by atoms with Crippen molar-refractivity contribution in [2.24, 2.45) is 11.8 Å². The second-order valence-corrected chi connectivity index (χ2v) is 6.60. The maximum absolute atomic E-state index is 13.1. The smallest absolute Gasteiger partial charge is 0.308 e. The Morgan fingerprint density at radius 2 is 2.00 bits per heavy atom. The van der Waals surface area contributed by atoms with Gasteiger partial charge in [0.25, 0.3) is 0 Å². The van der Waals surface area contributed by atoms with E-state index in [1.807, 2.05) is 31.2 Å². The summed E-state index contributed by atoms with van der Waals surface area (Å²) in [7, 11) is 0. The number of aliphatic carboxylic acids is 1. The lowest BCUT2D eigenvalue weighted by atomic mass is 9.86. The summed E-state index contributed by atoms with van der Waals surface area (Å²) < 4.78 is 26.3. The van der Waals surface area contributed by atoms with Crippen LogP contribution in [0.1, 0.15) is 36.8 Å². The molecule has 2 rings (SSSR count). The van der Waals surface area contributed by atoms with Crippen LogP contribution in [0.2, 0.25) is 0 Å². The van der Waals surface area contributed by atoms with Crippen molar-refractivity contribution in [2.75, 3.05) is 6.54 Å². The standard InChI is InChI=1S/C18H23F2NO3/c1-12-3-2-4-13(9-12)10-15(17(23)24)11-21-16(22)14-5-7-18(19,20)8-6-14/h2-4,9,14-15H,5-8,10-11H2,1H3,(H,21,22)(H,23,24).